The van der Waals surface area contributed by atoms with Crippen molar-refractivity contribution in [2.24, 2.45) is 11.8 Å². The predicted octanol–water partition coefficient (Wildman–Crippen LogP) is 6.01. The Bertz CT molecular complexity index is 954. The smallest absolute Gasteiger partial charge is 0.342 e. The fraction of sp³-hybridized carbons (Fsp3) is 0.583. The van der Waals surface area contributed by atoms with E-state index in [9.17, 15) is 22.8 Å². The molecule has 0 spiro atoms. The summed E-state index contributed by atoms with van der Waals surface area (Å²) in [6, 6.07) is 4.63. The van der Waals surface area contributed by atoms with Gasteiger partial charge in [0.05, 0.1) is 5.56 Å². The summed E-state index contributed by atoms with van der Waals surface area (Å²) in [5.41, 5.74) is -0.250. The first kappa shape index (κ1) is 26.1. The van der Waals surface area contributed by atoms with Gasteiger partial charge in [0.2, 0.25) is 16.9 Å². The predicted molar refractivity (Wildman–Crippen MR) is 126 cm³/mol. The second kappa shape index (κ2) is 11.8. The number of hydrogen-bond donors (Lipinski definition) is 1. The maximum Gasteiger partial charge on any atom is 0.416 e. The molecule has 186 valence electrons. The zero-order valence-electron chi connectivity index (χ0n) is 19.5. The third-order valence-corrected chi connectivity index (χ3v) is 6.81. The standard InChI is InChI=1S/C24H31F3N4O2S/c1-16(2)15-31(21(33)12-7-17-5-3-4-6-17)14-13-20(32)28-23-30-29-22(34-23)18-8-10-19(11-9-18)24(25,26)27/h8-11,16-17H,3-7,12-15H2,1-2H3,(H,28,30,32). The van der Waals surface area contributed by atoms with Crippen molar-refractivity contribution in [3.05, 3.63) is 29.8 Å². The first-order valence-corrected chi connectivity index (χ1v) is 12.5. The molecule has 2 amide bonds. The lowest BCUT2D eigenvalue weighted by Gasteiger charge is -2.25. The fourth-order valence-corrected chi connectivity index (χ4v) is 4.92. The van der Waals surface area contributed by atoms with Gasteiger partial charge in [-0.15, -0.1) is 10.2 Å². The van der Waals surface area contributed by atoms with Crippen LogP contribution in [0.3, 0.4) is 0 Å². The van der Waals surface area contributed by atoms with Crippen LogP contribution in [-0.4, -0.2) is 40.0 Å². The molecule has 10 heteroatoms. The summed E-state index contributed by atoms with van der Waals surface area (Å²) in [7, 11) is 0. The van der Waals surface area contributed by atoms with Crippen molar-refractivity contribution in [2.45, 2.75) is 65.0 Å². The number of amides is 2. The van der Waals surface area contributed by atoms with Gasteiger partial charge in [0.1, 0.15) is 5.01 Å². The van der Waals surface area contributed by atoms with Gasteiger partial charge < -0.3 is 10.2 Å². The van der Waals surface area contributed by atoms with Crippen LogP contribution in [0, 0.1) is 11.8 Å². The lowest BCUT2D eigenvalue weighted by atomic mass is 10.0. The molecule has 0 bridgehead atoms. The molecule has 3 rings (SSSR count). The molecule has 0 radical (unpaired) electrons. The minimum Gasteiger partial charge on any atom is -0.342 e. The van der Waals surface area contributed by atoms with Crippen molar-refractivity contribution in [1.82, 2.24) is 15.1 Å². The summed E-state index contributed by atoms with van der Waals surface area (Å²) in [6.45, 7) is 5.02. The summed E-state index contributed by atoms with van der Waals surface area (Å²) >= 11 is 1.09. The molecule has 0 atom stereocenters. The first-order valence-electron chi connectivity index (χ1n) is 11.7. The summed E-state index contributed by atoms with van der Waals surface area (Å²) in [6.07, 6.45) is 2.08. The van der Waals surface area contributed by atoms with E-state index in [-0.39, 0.29) is 23.4 Å². The van der Waals surface area contributed by atoms with Crippen molar-refractivity contribution >= 4 is 28.3 Å². The number of halogens is 3. The third kappa shape index (κ3) is 7.78. The monoisotopic (exact) mass is 496 g/mol. The normalized spacial score (nSPS) is 14.5. The van der Waals surface area contributed by atoms with Crippen molar-refractivity contribution in [2.75, 3.05) is 18.4 Å². The molecule has 6 nitrogen and oxygen atoms in total. The zero-order valence-corrected chi connectivity index (χ0v) is 20.3. The Morgan fingerprint density at radius 2 is 1.79 bits per heavy atom. The number of hydrogen-bond acceptors (Lipinski definition) is 5. The Kier molecular flexibility index (Phi) is 9.04. The van der Waals surface area contributed by atoms with E-state index in [1.807, 2.05) is 13.8 Å². The van der Waals surface area contributed by atoms with E-state index >= 15 is 0 Å². The second-order valence-electron chi connectivity index (χ2n) is 9.21. The number of carbonyl (C=O) groups is 2. The second-order valence-corrected chi connectivity index (χ2v) is 10.2. The average molecular weight is 497 g/mol. The highest BCUT2D eigenvalue weighted by Crippen LogP contribution is 2.32. The van der Waals surface area contributed by atoms with Crippen LogP contribution in [0.15, 0.2) is 24.3 Å². The lowest BCUT2D eigenvalue weighted by Crippen LogP contribution is -2.36. The number of benzene rings is 1. The minimum absolute atomic E-state index is 0.0916. The van der Waals surface area contributed by atoms with Crippen molar-refractivity contribution in [3.8, 4) is 10.6 Å². The van der Waals surface area contributed by atoms with Gasteiger partial charge in [-0.25, -0.2) is 0 Å². The Morgan fingerprint density at radius 1 is 1.12 bits per heavy atom. The van der Waals surface area contributed by atoms with Gasteiger partial charge in [-0.05, 0) is 30.4 Å². The fourth-order valence-electron chi connectivity index (χ4n) is 4.15. The van der Waals surface area contributed by atoms with E-state index in [0.29, 0.717) is 41.9 Å². The van der Waals surface area contributed by atoms with Crippen LogP contribution in [0.1, 0.15) is 64.4 Å². The number of aromatic nitrogens is 2. The maximum atomic E-state index is 12.8. The average Bonchev–Trinajstić information content (AvgIpc) is 3.46. The highest BCUT2D eigenvalue weighted by Gasteiger charge is 2.30. The lowest BCUT2D eigenvalue weighted by molar-refractivity contribution is -0.137. The Morgan fingerprint density at radius 3 is 2.41 bits per heavy atom. The van der Waals surface area contributed by atoms with Crippen LogP contribution in [0.5, 0.6) is 0 Å². The van der Waals surface area contributed by atoms with E-state index < -0.39 is 11.7 Å². The molecule has 1 aliphatic carbocycles. The molecule has 0 aliphatic heterocycles. The topological polar surface area (TPSA) is 75.2 Å². The third-order valence-electron chi connectivity index (χ3n) is 5.92. The van der Waals surface area contributed by atoms with Crippen LogP contribution < -0.4 is 5.32 Å². The highest BCUT2D eigenvalue weighted by molar-refractivity contribution is 7.18. The molecule has 1 N–H and O–H groups in total. The van der Waals surface area contributed by atoms with Crippen LogP contribution in [-0.2, 0) is 15.8 Å². The SMILES string of the molecule is CC(C)CN(CCC(=O)Nc1nnc(-c2ccc(C(F)(F)F)cc2)s1)C(=O)CCC1CCCC1. The molecule has 1 aromatic heterocycles. The van der Waals surface area contributed by atoms with Crippen molar-refractivity contribution in [1.29, 1.82) is 0 Å². The Labute approximate surface area is 201 Å². The van der Waals surface area contributed by atoms with Crippen molar-refractivity contribution < 1.29 is 22.8 Å². The zero-order chi connectivity index (χ0) is 24.7. The number of carbonyl (C=O) groups excluding carboxylic acids is 2. The molecule has 0 unspecified atom stereocenters. The highest BCUT2D eigenvalue weighted by atomic mass is 32.1. The van der Waals surface area contributed by atoms with Gasteiger partial charge in [0, 0.05) is 31.5 Å². The maximum absolute atomic E-state index is 12.8. The summed E-state index contributed by atoms with van der Waals surface area (Å²) < 4.78 is 38.2. The molecule has 1 aromatic carbocycles. The van der Waals surface area contributed by atoms with Crippen LogP contribution in [0.25, 0.3) is 10.6 Å². The number of nitrogens with one attached hydrogen (secondary N) is 1. The quantitative estimate of drug-likeness (QED) is 0.437. The van der Waals surface area contributed by atoms with E-state index in [2.05, 4.69) is 15.5 Å². The summed E-state index contributed by atoms with van der Waals surface area (Å²) in [5.74, 6) is 0.749. The molecule has 1 aliphatic rings. The van der Waals surface area contributed by atoms with Crippen LogP contribution in [0.2, 0.25) is 0 Å². The van der Waals surface area contributed by atoms with E-state index in [1.165, 1.54) is 37.8 Å². The molecule has 34 heavy (non-hydrogen) atoms. The molecule has 2 aromatic rings. The Balaban J connectivity index is 1.51. The van der Waals surface area contributed by atoms with Gasteiger partial charge in [-0.1, -0.05) is 63.0 Å². The minimum atomic E-state index is -4.40. The summed E-state index contributed by atoms with van der Waals surface area (Å²) in [4.78, 5) is 27.0. The number of anilines is 1. The first-order chi connectivity index (χ1) is 16.1. The molecular weight excluding hydrogens is 465 g/mol. The van der Waals surface area contributed by atoms with Gasteiger partial charge in [-0.2, -0.15) is 13.2 Å². The molecule has 0 saturated heterocycles. The Hall–Kier alpha value is -2.49. The van der Waals surface area contributed by atoms with Gasteiger partial charge >= 0.3 is 6.18 Å². The van der Waals surface area contributed by atoms with Crippen LogP contribution >= 0.6 is 11.3 Å². The van der Waals surface area contributed by atoms with Gasteiger partial charge in [0.15, 0.2) is 0 Å². The van der Waals surface area contributed by atoms with Crippen molar-refractivity contribution in [3.63, 3.8) is 0 Å². The van der Waals surface area contributed by atoms with Gasteiger partial charge in [-0.3, -0.25) is 9.59 Å². The number of nitrogens with zero attached hydrogens (tertiary/aromatic N) is 3. The van der Waals surface area contributed by atoms with Crippen LogP contribution in [0.4, 0.5) is 18.3 Å². The molecular formula is C24H31F3N4O2S. The molecule has 1 heterocycles. The van der Waals surface area contributed by atoms with E-state index in [1.54, 1.807) is 4.90 Å². The van der Waals surface area contributed by atoms with E-state index in [0.717, 1.165) is 29.9 Å². The largest absolute Gasteiger partial charge is 0.416 e. The molecule has 1 saturated carbocycles. The summed E-state index contributed by atoms with van der Waals surface area (Å²) in [5, 5.41) is 11.2. The molecule has 1 fully saturated rings. The number of rotatable bonds is 10. The van der Waals surface area contributed by atoms with E-state index in [4.69, 9.17) is 0 Å². The number of alkyl halides is 3. The van der Waals surface area contributed by atoms with Gasteiger partial charge in [0.25, 0.3) is 0 Å².